The Balaban J connectivity index is 1.54. The maximum atomic E-state index is 12.7. The van der Waals surface area contributed by atoms with Gasteiger partial charge in [-0.3, -0.25) is 4.79 Å². The van der Waals surface area contributed by atoms with Gasteiger partial charge in [-0.05, 0) is 49.2 Å². The van der Waals surface area contributed by atoms with E-state index in [2.05, 4.69) is 20.8 Å². The highest BCUT2D eigenvalue weighted by Gasteiger charge is 2.16. The van der Waals surface area contributed by atoms with E-state index < -0.39 is 0 Å². The van der Waals surface area contributed by atoms with Crippen molar-refractivity contribution in [3.8, 4) is 16.3 Å². The van der Waals surface area contributed by atoms with Gasteiger partial charge >= 0.3 is 6.03 Å². The molecule has 3 aromatic rings. The van der Waals surface area contributed by atoms with Crippen LogP contribution in [0.4, 0.5) is 15.6 Å². The standard InChI is InChI=1S/C23H27N5O3S/c1-4-14-28(23(30)24-19-8-6-5-7-16(19)2)15-13-20(29)25-22-27-26-21(32-22)17-9-11-18(31-3)12-10-17/h5-12H,4,13-15H2,1-3H3,(H,24,30)(H,25,27,29). The van der Waals surface area contributed by atoms with Gasteiger partial charge in [-0.2, -0.15) is 0 Å². The molecule has 1 heterocycles. The van der Waals surface area contributed by atoms with E-state index >= 15 is 0 Å². The number of ether oxygens (including phenoxy) is 1. The van der Waals surface area contributed by atoms with Crippen molar-refractivity contribution in [1.82, 2.24) is 15.1 Å². The summed E-state index contributed by atoms with van der Waals surface area (Å²) in [7, 11) is 1.61. The third-order valence-electron chi connectivity index (χ3n) is 4.78. The molecular weight excluding hydrogens is 426 g/mol. The van der Waals surface area contributed by atoms with E-state index in [9.17, 15) is 9.59 Å². The van der Waals surface area contributed by atoms with Crippen molar-refractivity contribution >= 4 is 34.1 Å². The first-order valence-electron chi connectivity index (χ1n) is 10.4. The lowest BCUT2D eigenvalue weighted by Crippen LogP contribution is -2.37. The molecule has 168 valence electrons. The molecule has 0 saturated carbocycles. The van der Waals surface area contributed by atoms with Gasteiger partial charge in [-0.15, -0.1) is 10.2 Å². The first-order valence-corrected chi connectivity index (χ1v) is 11.2. The number of hydrogen-bond acceptors (Lipinski definition) is 6. The van der Waals surface area contributed by atoms with Crippen LogP contribution in [0.3, 0.4) is 0 Å². The summed E-state index contributed by atoms with van der Waals surface area (Å²) in [6, 6.07) is 14.9. The van der Waals surface area contributed by atoms with Gasteiger partial charge in [0.15, 0.2) is 0 Å². The zero-order valence-corrected chi connectivity index (χ0v) is 19.2. The van der Waals surface area contributed by atoms with Crippen LogP contribution in [-0.2, 0) is 4.79 Å². The Hall–Kier alpha value is -3.46. The van der Waals surface area contributed by atoms with Gasteiger partial charge in [0.1, 0.15) is 10.8 Å². The average molecular weight is 454 g/mol. The molecule has 0 radical (unpaired) electrons. The molecule has 0 aliphatic carbocycles. The van der Waals surface area contributed by atoms with E-state index in [4.69, 9.17) is 4.74 Å². The summed E-state index contributed by atoms with van der Waals surface area (Å²) >= 11 is 1.29. The smallest absolute Gasteiger partial charge is 0.321 e. The minimum atomic E-state index is -0.216. The summed E-state index contributed by atoms with van der Waals surface area (Å²) in [6.45, 7) is 4.80. The summed E-state index contributed by atoms with van der Waals surface area (Å²) in [6.07, 6.45) is 0.961. The van der Waals surface area contributed by atoms with E-state index in [-0.39, 0.29) is 18.4 Å². The van der Waals surface area contributed by atoms with E-state index in [0.29, 0.717) is 23.2 Å². The fraction of sp³-hybridized carbons (Fsp3) is 0.304. The molecule has 8 nitrogen and oxygen atoms in total. The molecular formula is C23H27N5O3S. The first kappa shape index (κ1) is 23.2. The maximum absolute atomic E-state index is 12.7. The van der Waals surface area contributed by atoms with Crippen LogP contribution in [0, 0.1) is 6.92 Å². The van der Waals surface area contributed by atoms with E-state index in [1.54, 1.807) is 12.0 Å². The number of benzene rings is 2. The van der Waals surface area contributed by atoms with Crippen molar-refractivity contribution in [3.05, 3.63) is 54.1 Å². The Morgan fingerprint density at radius 2 is 1.78 bits per heavy atom. The monoisotopic (exact) mass is 453 g/mol. The molecule has 0 spiro atoms. The molecule has 0 fully saturated rings. The van der Waals surface area contributed by atoms with Gasteiger partial charge in [-0.1, -0.05) is 36.5 Å². The molecule has 3 rings (SSSR count). The molecule has 0 atom stereocenters. The molecule has 3 amide bonds. The number of carbonyl (C=O) groups excluding carboxylic acids is 2. The Bertz CT molecular complexity index is 1050. The molecule has 2 N–H and O–H groups in total. The fourth-order valence-corrected chi connectivity index (χ4v) is 3.80. The summed E-state index contributed by atoms with van der Waals surface area (Å²) in [4.78, 5) is 26.8. The van der Waals surface area contributed by atoms with Crippen LogP contribution < -0.4 is 15.4 Å². The largest absolute Gasteiger partial charge is 0.497 e. The number of carbonyl (C=O) groups is 2. The van der Waals surface area contributed by atoms with Crippen molar-refractivity contribution in [3.63, 3.8) is 0 Å². The molecule has 0 aliphatic rings. The van der Waals surface area contributed by atoms with Gasteiger partial charge in [-0.25, -0.2) is 4.79 Å². The predicted molar refractivity (Wildman–Crippen MR) is 127 cm³/mol. The number of para-hydroxylation sites is 1. The summed E-state index contributed by atoms with van der Waals surface area (Å²) in [5, 5.41) is 15.0. The second-order valence-electron chi connectivity index (χ2n) is 7.17. The first-order chi connectivity index (χ1) is 15.5. The van der Waals surface area contributed by atoms with Crippen molar-refractivity contribution in [2.45, 2.75) is 26.7 Å². The van der Waals surface area contributed by atoms with E-state index in [0.717, 1.165) is 29.0 Å². The van der Waals surface area contributed by atoms with Gasteiger partial charge < -0.3 is 20.3 Å². The Morgan fingerprint density at radius 1 is 1.03 bits per heavy atom. The van der Waals surface area contributed by atoms with E-state index in [1.807, 2.05) is 62.4 Å². The second-order valence-corrected chi connectivity index (χ2v) is 8.15. The minimum Gasteiger partial charge on any atom is -0.497 e. The number of anilines is 2. The van der Waals surface area contributed by atoms with Crippen molar-refractivity contribution in [2.75, 3.05) is 30.8 Å². The number of aryl methyl sites for hydroxylation is 1. The molecule has 0 bridgehead atoms. The molecule has 0 saturated heterocycles. The van der Waals surface area contributed by atoms with Gasteiger partial charge in [0.25, 0.3) is 0 Å². The van der Waals surface area contributed by atoms with E-state index in [1.165, 1.54) is 11.3 Å². The normalized spacial score (nSPS) is 10.5. The molecule has 1 aromatic heterocycles. The number of amides is 3. The highest BCUT2D eigenvalue weighted by molar-refractivity contribution is 7.18. The van der Waals surface area contributed by atoms with Crippen molar-refractivity contribution < 1.29 is 14.3 Å². The van der Waals surface area contributed by atoms with Crippen LogP contribution in [-0.4, -0.2) is 47.2 Å². The van der Waals surface area contributed by atoms with Gasteiger partial charge in [0.05, 0.1) is 7.11 Å². The highest BCUT2D eigenvalue weighted by Crippen LogP contribution is 2.27. The van der Waals surface area contributed by atoms with Gasteiger partial charge in [0, 0.05) is 30.8 Å². The summed E-state index contributed by atoms with van der Waals surface area (Å²) in [5.74, 6) is 0.544. The van der Waals surface area contributed by atoms with Crippen LogP contribution >= 0.6 is 11.3 Å². The number of aromatic nitrogens is 2. The Morgan fingerprint density at radius 3 is 2.47 bits per heavy atom. The number of nitrogens with one attached hydrogen (secondary N) is 2. The van der Waals surface area contributed by atoms with Crippen molar-refractivity contribution in [1.29, 1.82) is 0 Å². The molecule has 9 heteroatoms. The third-order valence-corrected chi connectivity index (χ3v) is 5.67. The predicted octanol–water partition coefficient (Wildman–Crippen LogP) is 4.79. The average Bonchev–Trinajstić information content (AvgIpc) is 3.26. The zero-order chi connectivity index (χ0) is 22.9. The number of urea groups is 1. The summed E-state index contributed by atoms with van der Waals surface area (Å²) < 4.78 is 5.16. The number of rotatable bonds is 9. The topological polar surface area (TPSA) is 96.5 Å². The lowest BCUT2D eigenvalue weighted by atomic mass is 10.2. The molecule has 0 aliphatic heterocycles. The summed E-state index contributed by atoms with van der Waals surface area (Å²) in [5.41, 5.74) is 2.65. The SMILES string of the molecule is CCCN(CCC(=O)Nc1nnc(-c2ccc(OC)cc2)s1)C(=O)Nc1ccccc1C. The Labute approximate surface area is 191 Å². The van der Waals surface area contributed by atoms with Crippen LogP contribution in [0.15, 0.2) is 48.5 Å². The molecule has 0 unspecified atom stereocenters. The fourth-order valence-electron chi connectivity index (χ4n) is 3.03. The van der Waals surface area contributed by atoms with Crippen LogP contribution in [0.2, 0.25) is 0 Å². The lowest BCUT2D eigenvalue weighted by Gasteiger charge is -2.22. The van der Waals surface area contributed by atoms with Crippen LogP contribution in [0.25, 0.3) is 10.6 Å². The Kier molecular flexibility index (Phi) is 8.15. The zero-order valence-electron chi connectivity index (χ0n) is 18.4. The quantitative estimate of drug-likeness (QED) is 0.485. The third kappa shape index (κ3) is 6.27. The minimum absolute atomic E-state index is 0.165. The number of methoxy groups -OCH3 is 1. The second kappa shape index (κ2) is 11.2. The number of hydrogen-bond donors (Lipinski definition) is 2. The highest BCUT2D eigenvalue weighted by atomic mass is 32.1. The van der Waals surface area contributed by atoms with Crippen LogP contribution in [0.1, 0.15) is 25.3 Å². The number of nitrogens with zero attached hydrogens (tertiary/aromatic N) is 3. The van der Waals surface area contributed by atoms with Crippen LogP contribution in [0.5, 0.6) is 5.75 Å². The van der Waals surface area contributed by atoms with Gasteiger partial charge in [0.2, 0.25) is 11.0 Å². The molecule has 2 aromatic carbocycles. The lowest BCUT2D eigenvalue weighted by molar-refractivity contribution is -0.116. The maximum Gasteiger partial charge on any atom is 0.321 e. The van der Waals surface area contributed by atoms with Crippen molar-refractivity contribution in [2.24, 2.45) is 0 Å². The molecule has 32 heavy (non-hydrogen) atoms.